The fraction of sp³-hybridized carbons (Fsp3) is 0.321. The second-order valence-corrected chi connectivity index (χ2v) is 8.26. The zero-order valence-corrected chi connectivity index (χ0v) is 19.5. The summed E-state index contributed by atoms with van der Waals surface area (Å²) in [6.45, 7) is 7.85. The van der Waals surface area contributed by atoms with Gasteiger partial charge in [0.2, 0.25) is 0 Å². The van der Waals surface area contributed by atoms with Crippen molar-refractivity contribution in [3.63, 3.8) is 0 Å². The highest BCUT2D eigenvalue weighted by molar-refractivity contribution is 6.04. The average Bonchev–Trinajstić information content (AvgIpc) is 2.83. The maximum Gasteiger partial charge on any atom is 0.255 e. The van der Waals surface area contributed by atoms with Gasteiger partial charge in [-0.2, -0.15) is 0 Å². The largest absolute Gasteiger partial charge is 0.497 e. The van der Waals surface area contributed by atoms with Gasteiger partial charge in [0, 0.05) is 23.3 Å². The Morgan fingerprint density at radius 1 is 0.969 bits per heavy atom. The van der Waals surface area contributed by atoms with Crippen LogP contribution < -0.4 is 10.1 Å². The van der Waals surface area contributed by atoms with E-state index >= 15 is 0 Å². The number of anilines is 1. The highest BCUT2D eigenvalue weighted by atomic mass is 16.5. The number of amides is 1. The van der Waals surface area contributed by atoms with Crippen LogP contribution in [0.5, 0.6) is 5.75 Å². The normalized spacial score (nSPS) is 12.9. The van der Waals surface area contributed by atoms with Crippen molar-refractivity contribution in [2.45, 2.75) is 45.7 Å². The van der Waals surface area contributed by atoms with Crippen LogP contribution >= 0.6 is 0 Å². The van der Waals surface area contributed by atoms with Crippen LogP contribution in [0.15, 0.2) is 78.9 Å². The molecule has 1 N–H and O–H groups in total. The molecule has 0 radical (unpaired) electrons. The molecule has 168 valence electrons. The molecule has 0 fully saturated rings. The van der Waals surface area contributed by atoms with E-state index in [0.717, 1.165) is 30.8 Å². The summed E-state index contributed by atoms with van der Waals surface area (Å²) in [4.78, 5) is 15.2. The number of benzene rings is 3. The fourth-order valence-electron chi connectivity index (χ4n) is 4.16. The van der Waals surface area contributed by atoms with Crippen molar-refractivity contribution < 1.29 is 9.53 Å². The van der Waals surface area contributed by atoms with Gasteiger partial charge in [-0.1, -0.05) is 49.4 Å². The maximum absolute atomic E-state index is 12.6. The molecule has 2 atom stereocenters. The lowest BCUT2D eigenvalue weighted by Crippen LogP contribution is -2.37. The zero-order chi connectivity index (χ0) is 22.9. The minimum Gasteiger partial charge on any atom is -0.497 e. The van der Waals surface area contributed by atoms with Crippen LogP contribution in [0.4, 0.5) is 5.69 Å². The third-order valence-corrected chi connectivity index (χ3v) is 5.90. The van der Waals surface area contributed by atoms with Crippen molar-refractivity contribution in [2.24, 2.45) is 0 Å². The summed E-state index contributed by atoms with van der Waals surface area (Å²) in [7, 11) is 1.61. The molecule has 0 saturated carbocycles. The Hall–Kier alpha value is -3.11. The van der Waals surface area contributed by atoms with Gasteiger partial charge in [-0.05, 0) is 80.8 Å². The molecule has 3 rings (SSSR count). The van der Waals surface area contributed by atoms with Gasteiger partial charge in [-0.15, -0.1) is 0 Å². The average molecular weight is 431 g/mol. The molecule has 0 aliphatic carbocycles. The summed E-state index contributed by atoms with van der Waals surface area (Å²) in [6, 6.07) is 26.7. The van der Waals surface area contributed by atoms with Gasteiger partial charge < -0.3 is 10.1 Å². The van der Waals surface area contributed by atoms with E-state index < -0.39 is 0 Å². The SMILES string of the molecule is CCCN(C(C)Cc1cccc(NC(=O)c2ccc(OC)cc2)c1)[C@H](C)c1ccccc1. The lowest BCUT2D eigenvalue weighted by atomic mass is 10.0. The molecule has 0 bridgehead atoms. The summed E-state index contributed by atoms with van der Waals surface area (Å²) in [5, 5.41) is 3.02. The Kier molecular flexibility index (Phi) is 8.46. The lowest BCUT2D eigenvalue weighted by Gasteiger charge is -2.35. The minimum absolute atomic E-state index is 0.122. The van der Waals surface area contributed by atoms with Gasteiger partial charge in [0.05, 0.1) is 7.11 Å². The third-order valence-electron chi connectivity index (χ3n) is 5.90. The predicted octanol–water partition coefficient (Wildman–Crippen LogP) is 6.35. The quantitative estimate of drug-likeness (QED) is 0.407. The standard InChI is InChI=1S/C28H34N2O2/c1-5-18-30(22(3)24-11-7-6-8-12-24)21(2)19-23-10-9-13-26(20-23)29-28(31)25-14-16-27(32-4)17-15-25/h6-17,20-22H,5,18-19H2,1-4H3,(H,29,31)/t21?,22-/m1/s1. The van der Waals surface area contributed by atoms with Crippen molar-refractivity contribution in [1.82, 2.24) is 4.90 Å². The monoisotopic (exact) mass is 430 g/mol. The van der Waals surface area contributed by atoms with E-state index in [1.165, 1.54) is 11.1 Å². The minimum atomic E-state index is -0.122. The molecular formula is C28H34N2O2. The Morgan fingerprint density at radius 2 is 1.69 bits per heavy atom. The Bertz CT molecular complexity index is 986. The van der Waals surface area contributed by atoms with Gasteiger partial charge in [0.15, 0.2) is 0 Å². The van der Waals surface area contributed by atoms with E-state index in [4.69, 9.17) is 4.74 Å². The van der Waals surface area contributed by atoms with E-state index in [0.29, 0.717) is 17.6 Å². The van der Waals surface area contributed by atoms with Gasteiger partial charge in [-0.3, -0.25) is 9.69 Å². The van der Waals surface area contributed by atoms with E-state index in [-0.39, 0.29) is 5.91 Å². The predicted molar refractivity (Wildman–Crippen MR) is 132 cm³/mol. The number of rotatable bonds is 10. The fourth-order valence-corrected chi connectivity index (χ4v) is 4.16. The molecule has 4 nitrogen and oxygen atoms in total. The molecule has 0 saturated heterocycles. The number of hydrogen-bond donors (Lipinski definition) is 1. The molecule has 1 amide bonds. The second-order valence-electron chi connectivity index (χ2n) is 8.26. The first-order valence-electron chi connectivity index (χ1n) is 11.4. The first-order valence-corrected chi connectivity index (χ1v) is 11.4. The molecule has 4 heteroatoms. The van der Waals surface area contributed by atoms with E-state index in [2.05, 4.69) is 73.5 Å². The van der Waals surface area contributed by atoms with Crippen LogP contribution in [0.3, 0.4) is 0 Å². The smallest absolute Gasteiger partial charge is 0.255 e. The molecule has 3 aromatic carbocycles. The number of methoxy groups -OCH3 is 1. The van der Waals surface area contributed by atoms with E-state index in [1.54, 1.807) is 31.4 Å². The summed E-state index contributed by atoms with van der Waals surface area (Å²) in [5.74, 6) is 0.613. The van der Waals surface area contributed by atoms with Crippen molar-refractivity contribution in [2.75, 3.05) is 19.0 Å². The molecule has 3 aromatic rings. The number of carbonyl (C=O) groups is 1. The van der Waals surface area contributed by atoms with Crippen LogP contribution in [0.2, 0.25) is 0 Å². The van der Waals surface area contributed by atoms with Crippen LogP contribution in [0.1, 0.15) is 54.7 Å². The lowest BCUT2D eigenvalue weighted by molar-refractivity contribution is 0.102. The summed E-state index contributed by atoms with van der Waals surface area (Å²) in [5.41, 5.74) is 3.98. The number of ether oxygens (including phenoxy) is 1. The van der Waals surface area contributed by atoms with Crippen LogP contribution in [0.25, 0.3) is 0 Å². The van der Waals surface area contributed by atoms with Crippen molar-refractivity contribution >= 4 is 11.6 Å². The first-order chi connectivity index (χ1) is 15.5. The van der Waals surface area contributed by atoms with Gasteiger partial charge >= 0.3 is 0 Å². The summed E-state index contributed by atoms with van der Waals surface area (Å²) in [6.07, 6.45) is 2.03. The topological polar surface area (TPSA) is 41.6 Å². The van der Waals surface area contributed by atoms with Crippen LogP contribution in [0, 0.1) is 0 Å². The Balaban J connectivity index is 1.68. The van der Waals surface area contributed by atoms with Crippen molar-refractivity contribution in [3.05, 3.63) is 95.6 Å². The number of nitrogens with one attached hydrogen (secondary N) is 1. The van der Waals surface area contributed by atoms with Crippen molar-refractivity contribution in [1.29, 1.82) is 0 Å². The highest BCUT2D eigenvalue weighted by Gasteiger charge is 2.21. The number of nitrogens with zero attached hydrogens (tertiary/aromatic N) is 1. The molecule has 0 aliphatic heterocycles. The van der Waals surface area contributed by atoms with Gasteiger partial charge in [-0.25, -0.2) is 0 Å². The van der Waals surface area contributed by atoms with Crippen LogP contribution in [-0.4, -0.2) is 30.5 Å². The van der Waals surface area contributed by atoms with E-state index in [9.17, 15) is 4.79 Å². The zero-order valence-electron chi connectivity index (χ0n) is 19.5. The third kappa shape index (κ3) is 6.21. The van der Waals surface area contributed by atoms with Crippen LogP contribution in [-0.2, 0) is 6.42 Å². The summed E-state index contributed by atoms with van der Waals surface area (Å²) < 4.78 is 5.17. The van der Waals surface area contributed by atoms with Gasteiger partial charge in [0.25, 0.3) is 5.91 Å². The molecule has 0 heterocycles. The van der Waals surface area contributed by atoms with Gasteiger partial charge in [0.1, 0.15) is 5.75 Å². The Morgan fingerprint density at radius 3 is 2.34 bits per heavy atom. The molecule has 0 aromatic heterocycles. The highest BCUT2D eigenvalue weighted by Crippen LogP contribution is 2.25. The first kappa shape index (κ1) is 23.6. The Labute approximate surface area is 192 Å². The molecular weight excluding hydrogens is 396 g/mol. The molecule has 1 unspecified atom stereocenters. The molecule has 0 aliphatic rings. The maximum atomic E-state index is 12.6. The van der Waals surface area contributed by atoms with E-state index in [1.807, 2.05) is 12.1 Å². The molecule has 32 heavy (non-hydrogen) atoms. The number of carbonyl (C=O) groups excluding carboxylic acids is 1. The van der Waals surface area contributed by atoms with Crippen molar-refractivity contribution in [3.8, 4) is 5.75 Å². The molecule has 0 spiro atoms. The summed E-state index contributed by atoms with van der Waals surface area (Å²) >= 11 is 0. The number of hydrogen-bond acceptors (Lipinski definition) is 3. The second kappa shape index (κ2) is 11.5.